The van der Waals surface area contributed by atoms with Gasteiger partial charge in [0.25, 0.3) is 0 Å². The van der Waals surface area contributed by atoms with Crippen molar-refractivity contribution in [3.8, 4) is 0 Å². The maximum absolute atomic E-state index is 12.8. The number of nitrogens with zero attached hydrogens (tertiary/aromatic N) is 4. The molecule has 1 atom stereocenters. The number of likely N-dealkylation sites (tertiary alicyclic amines) is 1. The number of hydroxylamine groups is 1. The molecule has 3 aliphatic heterocycles. The number of nitrogen functional groups attached to an aromatic ring is 2. The smallest absolute Gasteiger partial charge is 0.302 e. The number of hydrogen-bond acceptors (Lipinski definition) is 8. The molecule has 7 N–H and O–H groups in total. The van der Waals surface area contributed by atoms with Crippen molar-refractivity contribution in [1.29, 1.82) is 0 Å². The van der Waals surface area contributed by atoms with Gasteiger partial charge in [-0.3, -0.25) is 9.59 Å². The van der Waals surface area contributed by atoms with Crippen LogP contribution in [0, 0.1) is 5.41 Å². The number of amides is 2. The fourth-order valence-electron chi connectivity index (χ4n) is 4.08. The lowest BCUT2D eigenvalue weighted by Crippen LogP contribution is -2.53. The van der Waals surface area contributed by atoms with Gasteiger partial charge in [-0.05, 0) is 24.3 Å². The lowest BCUT2D eigenvalue weighted by atomic mass is 9.87. The van der Waals surface area contributed by atoms with Crippen LogP contribution in [0.4, 0.5) is 11.6 Å². The standard InChI is InChI=1S/C21H30ClN9O3/c1-20(2,3)12-8-11(34-30-12)9-13(32)31-6-4-21(5-7-31)10-25-19(29-21)28-18(33)14-16(23)27-17(24)15(22)26-14/h8,12,30H,4-7,9-10H2,1-3H3,(H4,23,24,27)(H2,25,28,29,33). The van der Waals surface area contributed by atoms with Crippen LogP contribution in [0.1, 0.15) is 50.5 Å². The minimum atomic E-state index is -0.682. The van der Waals surface area contributed by atoms with Gasteiger partial charge in [-0.25, -0.2) is 9.97 Å². The molecular weight excluding hydrogens is 462 g/mol. The molecule has 3 aliphatic rings. The van der Waals surface area contributed by atoms with Crippen molar-refractivity contribution in [3.05, 3.63) is 22.7 Å². The van der Waals surface area contributed by atoms with Gasteiger partial charge >= 0.3 is 5.91 Å². The third kappa shape index (κ3) is 5.02. The van der Waals surface area contributed by atoms with E-state index in [1.807, 2.05) is 11.0 Å². The van der Waals surface area contributed by atoms with E-state index in [1.54, 1.807) is 0 Å². The summed E-state index contributed by atoms with van der Waals surface area (Å²) in [5.74, 6) is 0.134. The second kappa shape index (κ2) is 8.91. The first kappa shape index (κ1) is 24.0. The Labute approximate surface area is 202 Å². The molecule has 1 aromatic heterocycles. The van der Waals surface area contributed by atoms with Crippen LogP contribution in [0.2, 0.25) is 5.15 Å². The van der Waals surface area contributed by atoms with Gasteiger partial charge in [0.2, 0.25) is 5.91 Å². The number of halogens is 1. The Morgan fingerprint density at radius 1 is 1.26 bits per heavy atom. The van der Waals surface area contributed by atoms with Gasteiger partial charge < -0.3 is 31.8 Å². The van der Waals surface area contributed by atoms with Gasteiger partial charge in [-0.1, -0.05) is 32.4 Å². The van der Waals surface area contributed by atoms with Crippen molar-refractivity contribution < 1.29 is 14.4 Å². The highest BCUT2D eigenvalue weighted by Crippen LogP contribution is 2.28. The predicted octanol–water partition coefficient (Wildman–Crippen LogP) is 0.568. The molecule has 4 heterocycles. The number of rotatable bonds is 3. The minimum Gasteiger partial charge on any atom is -0.412 e. The van der Waals surface area contributed by atoms with Crippen molar-refractivity contribution in [2.45, 2.75) is 51.6 Å². The summed E-state index contributed by atoms with van der Waals surface area (Å²) in [6.07, 6.45) is 3.62. The van der Waals surface area contributed by atoms with E-state index in [1.165, 1.54) is 0 Å². The maximum Gasteiger partial charge on any atom is 0.302 e. The molecule has 0 radical (unpaired) electrons. The number of nitrogens with two attached hydrogens (primary N) is 2. The fourth-order valence-corrected chi connectivity index (χ4v) is 4.20. The van der Waals surface area contributed by atoms with E-state index < -0.39 is 5.91 Å². The van der Waals surface area contributed by atoms with E-state index in [9.17, 15) is 9.59 Å². The molecule has 184 valence electrons. The summed E-state index contributed by atoms with van der Waals surface area (Å²) in [7, 11) is 0. The Bertz CT molecular complexity index is 1060. The Morgan fingerprint density at radius 2 is 1.97 bits per heavy atom. The zero-order valence-corrected chi connectivity index (χ0v) is 20.2. The molecule has 13 heteroatoms. The van der Waals surface area contributed by atoms with Crippen molar-refractivity contribution >= 4 is 41.0 Å². The van der Waals surface area contributed by atoms with Crippen LogP contribution in [0.3, 0.4) is 0 Å². The molecule has 2 fully saturated rings. The molecule has 1 spiro atoms. The summed E-state index contributed by atoms with van der Waals surface area (Å²) in [6.45, 7) is 8.09. The molecule has 0 aliphatic carbocycles. The first-order chi connectivity index (χ1) is 16.0. The Balaban J connectivity index is 1.32. The van der Waals surface area contributed by atoms with Crippen LogP contribution in [0.15, 0.2) is 16.8 Å². The molecule has 1 aromatic rings. The van der Waals surface area contributed by atoms with E-state index >= 15 is 0 Å². The molecule has 12 nitrogen and oxygen atoms in total. The largest absolute Gasteiger partial charge is 0.412 e. The highest BCUT2D eigenvalue weighted by Gasteiger charge is 2.41. The van der Waals surface area contributed by atoms with E-state index in [-0.39, 0.29) is 51.8 Å². The van der Waals surface area contributed by atoms with Gasteiger partial charge in [-0.15, -0.1) is 5.48 Å². The van der Waals surface area contributed by atoms with Crippen molar-refractivity contribution in [3.63, 3.8) is 0 Å². The summed E-state index contributed by atoms with van der Waals surface area (Å²) in [5.41, 5.74) is 13.8. The first-order valence-electron chi connectivity index (χ1n) is 11.1. The van der Waals surface area contributed by atoms with E-state index in [0.29, 0.717) is 44.2 Å². The number of anilines is 2. The number of hydrogen-bond donors (Lipinski definition) is 5. The van der Waals surface area contributed by atoms with Crippen molar-refractivity contribution in [2.24, 2.45) is 10.4 Å². The second-order valence-electron chi connectivity index (χ2n) is 9.91. The average Bonchev–Trinajstić information content (AvgIpc) is 3.38. The number of aliphatic imine (C=N–C) groups is 1. The normalized spacial score (nSPS) is 22.8. The maximum atomic E-state index is 12.8. The third-order valence-electron chi connectivity index (χ3n) is 6.30. The number of piperidine rings is 1. The van der Waals surface area contributed by atoms with Gasteiger partial charge in [0, 0.05) is 19.6 Å². The molecule has 0 bridgehead atoms. The van der Waals surface area contributed by atoms with Crippen LogP contribution in [-0.2, 0) is 9.63 Å². The molecular formula is C21H30ClN9O3. The molecule has 1 unspecified atom stereocenters. The van der Waals surface area contributed by atoms with Crippen LogP contribution in [0.5, 0.6) is 0 Å². The van der Waals surface area contributed by atoms with Crippen LogP contribution < -0.4 is 27.6 Å². The first-order valence-corrected chi connectivity index (χ1v) is 11.5. The summed E-state index contributed by atoms with van der Waals surface area (Å²) in [5, 5.41) is 6.30. The summed E-state index contributed by atoms with van der Waals surface area (Å²) >= 11 is 5.85. The number of carbonyl (C=O) groups excluding carboxylic acids is 2. The van der Waals surface area contributed by atoms with Gasteiger partial charge in [0.1, 0.15) is 5.76 Å². The van der Waals surface area contributed by atoms with Gasteiger partial charge in [0.05, 0.1) is 18.0 Å². The van der Waals surface area contributed by atoms with Crippen LogP contribution in [-0.4, -0.2) is 63.9 Å². The fraction of sp³-hybridized carbons (Fsp3) is 0.571. The van der Waals surface area contributed by atoms with Crippen LogP contribution in [0.25, 0.3) is 0 Å². The molecule has 4 rings (SSSR count). The van der Waals surface area contributed by atoms with E-state index in [4.69, 9.17) is 27.9 Å². The number of nitrogens with one attached hydrogen (secondary N) is 3. The average molecular weight is 492 g/mol. The van der Waals surface area contributed by atoms with Crippen molar-refractivity contribution in [2.75, 3.05) is 31.1 Å². The highest BCUT2D eigenvalue weighted by molar-refractivity contribution is 6.31. The van der Waals surface area contributed by atoms with Crippen LogP contribution >= 0.6 is 11.6 Å². The third-order valence-corrected chi connectivity index (χ3v) is 6.58. The number of aromatic nitrogens is 2. The van der Waals surface area contributed by atoms with Gasteiger partial charge in [-0.2, -0.15) is 4.99 Å². The molecule has 0 aromatic carbocycles. The SMILES string of the molecule is CC(C)(C)C1C=C(CC(=O)N2CCC3(CC2)CN/C(=N\C(=O)c2nc(Cl)c(N)nc2N)N3)ON1. The lowest BCUT2D eigenvalue weighted by molar-refractivity contribution is -0.132. The van der Waals surface area contributed by atoms with Gasteiger partial charge in [0.15, 0.2) is 28.4 Å². The molecule has 2 saturated heterocycles. The summed E-state index contributed by atoms with van der Waals surface area (Å²) < 4.78 is 0. The zero-order valence-electron chi connectivity index (χ0n) is 19.4. The topological polar surface area (TPSA) is 173 Å². The highest BCUT2D eigenvalue weighted by atomic mass is 35.5. The molecule has 2 amide bonds. The quantitative estimate of drug-likeness (QED) is 0.402. The van der Waals surface area contributed by atoms with Crippen molar-refractivity contribution in [1.82, 2.24) is 31.0 Å². The summed E-state index contributed by atoms with van der Waals surface area (Å²) in [6, 6.07) is 0.0692. The van der Waals surface area contributed by atoms with E-state index in [0.717, 1.165) is 0 Å². The lowest BCUT2D eigenvalue weighted by Gasteiger charge is -2.38. The minimum absolute atomic E-state index is 0.00250. The summed E-state index contributed by atoms with van der Waals surface area (Å²) in [4.78, 5) is 44.4. The van der Waals surface area contributed by atoms with E-state index in [2.05, 4.69) is 51.8 Å². The number of carbonyl (C=O) groups is 2. The predicted molar refractivity (Wildman–Crippen MR) is 127 cm³/mol. The monoisotopic (exact) mass is 491 g/mol. The zero-order chi connectivity index (χ0) is 24.7. The number of guanidine groups is 1. The Morgan fingerprint density at radius 3 is 2.62 bits per heavy atom. The molecule has 0 saturated carbocycles. The second-order valence-corrected chi connectivity index (χ2v) is 10.3. The Hall–Kier alpha value is -3.12. The molecule has 34 heavy (non-hydrogen) atoms. The Kier molecular flexibility index (Phi) is 6.30.